The van der Waals surface area contributed by atoms with Gasteiger partial charge in [0, 0.05) is 20.1 Å². The van der Waals surface area contributed by atoms with E-state index in [0.29, 0.717) is 25.9 Å². The Morgan fingerprint density at radius 1 is 1.19 bits per heavy atom. The average molecular weight is 296 g/mol. The van der Waals surface area contributed by atoms with Gasteiger partial charge in [-0.15, -0.1) is 0 Å². The summed E-state index contributed by atoms with van der Waals surface area (Å²) in [4.78, 5) is 39.7. The number of nitrogens with zero attached hydrogens (tertiary/aromatic N) is 2. The zero-order valence-electron chi connectivity index (χ0n) is 13.1. The van der Waals surface area contributed by atoms with Gasteiger partial charge in [0.2, 0.25) is 11.8 Å². The Labute approximate surface area is 125 Å². The van der Waals surface area contributed by atoms with E-state index in [-0.39, 0.29) is 17.7 Å². The second kappa shape index (κ2) is 5.31. The van der Waals surface area contributed by atoms with E-state index in [0.717, 1.165) is 0 Å². The quantitative estimate of drug-likeness (QED) is 0.818. The summed E-state index contributed by atoms with van der Waals surface area (Å²) in [7, 11) is 1.73. The first kappa shape index (κ1) is 15.8. The summed E-state index contributed by atoms with van der Waals surface area (Å²) in [5.74, 6) is -2.09. The molecular formula is C15H24N2O4. The molecule has 1 saturated heterocycles. The molecule has 1 aliphatic carbocycles. The van der Waals surface area contributed by atoms with Crippen LogP contribution < -0.4 is 0 Å². The van der Waals surface area contributed by atoms with E-state index in [9.17, 15) is 19.5 Å². The predicted molar refractivity (Wildman–Crippen MR) is 76.4 cm³/mol. The zero-order valence-corrected chi connectivity index (χ0v) is 13.1. The smallest absolute Gasteiger partial charge is 0.307 e. The molecular weight excluding hydrogens is 272 g/mol. The minimum atomic E-state index is -0.907. The third-order valence-corrected chi connectivity index (χ3v) is 4.90. The van der Waals surface area contributed by atoms with Crippen LogP contribution in [0.25, 0.3) is 0 Å². The van der Waals surface area contributed by atoms with Gasteiger partial charge in [-0.3, -0.25) is 14.4 Å². The fraction of sp³-hybridized carbons (Fsp3) is 0.800. The molecule has 2 amide bonds. The Bertz CT molecular complexity index is 474. The Morgan fingerprint density at radius 3 is 2.33 bits per heavy atom. The molecule has 1 saturated carbocycles. The first-order valence-electron chi connectivity index (χ1n) is 7.46. The summed E-state index contributed by atoms with van der Waals surface area (Å²) in [6.07, 6.45) is 1.13. The van der Waals surface area contributed by atoms with Gasteiger partial charge in [-0.25, -0.2) is 0 Å². The van der Waals surface area contributed by atoms with Crippen molar-refractivity contribution < 1.29 is 19.5 Å². The van der Waals surface area contributed by atoms with Crippen molar-refractivity contribution in [2.24, 2.45) is 17.8 Å². The zero-order chi connectivity index (χ0) is 15.9. The predicted octanol–water partition coefficient (Wildman–Crippen LogP) is 0.812. The summed E-state index contributed by atoms with van der Waals surface area (Å²) in [5.41, 5.74) is -0.904. The van der Waals surface area contributed by atoms with Crippen molar-refractivity contribution in [3.8, 4) is 0 Å². The number of rotatable bonds is 2. The normalized spacial score (nSPS) is 32.4. The molecule has 2 fully saturated rings. The molecule has 6 nitrogen and oxygen atoms in total. The van der Waals surface area contributed by atoms with Crippen molar-refractivity contribution in [1.29, 1.82) is 0 Å². The lowest BCUT2D eigenvalue weighted by atomic mass is 9.90. The highest BCUT2D eigenvalue weighted by molar-refractivity contribution is 5.94. The molecule has 0 aromatic carbocycles. The van der Waals surface area contributed by atoms with E-state index in [1.165, 1.54) is 0 Å². The highest BCUT2D eigenvalue weighted by Gasteiger charge is 2.49. The molecule has 118 valence electrons. The maximum atomic E-state index is 12.8. The SMILES string of the molecule is CC1CC(C(=O)O)C(C(=O)N2CCN(C)C(=O)C2(C)C)C1. The van der Waals surface area contributed by atoms with Crippen molar-refractivity contribution in [2.45, 2.75) is 39.2 Å². The van der Waals surface area contributed by atoms with Crippen molar-refractivity contribution in [3.63, 3.8) is 0 Å². The number of carboxylic acid groups (broad SMARTS) is 1. The van der Waals surface area contributed by atoms with E-state index < -0.39 is 23.3 Å². The fourth-order valence-corrected chi connectivity index (χ4v) is 3.64. The van der Waals surface area contributed by atoms with E-state index in [2.05, 4.69) is 0 Å². The van der Waals surface area contributed by atoms with Gasteiger partial charge in [-0.05, 0) is 32.6 Å². The lowest BCUT2D eigenvalue weighted by Gasteiger charge is -2.46. The highest BCUT2D eigenvalue weighted by Crippen LogP contribution is 2.39. The molecule has 21 heavy (non-hydrogen) atoms. The van der Waals surface area contributed by atoms with Crippen molar-refractivity contribution in [3.05, 3.63) is 0 Å². The minimum absolute atomic E-state index is 0.0972. The summed E-state index contributed by atoms with van der Waals surface area (Å²) >= 11 is 0. The number of piperazine rings is 1. The monoisotopic (exact) mass is 296 g/mol. The average Bonchev–Trinajstić information content (AvgIpc) is 2.78. The molecule has 2 aliphatic rings. The van der Waals surface area contributed by atoms with E-state index >= 15 is 0 Å². The number of carbonyl (C=O) groups excluding carboxylic acids is 2. The number of likely N-dealkylation sites (N-methyl/N-ethyl adjacent to an activating group) is 1. The first-order valence-corrected chi connectivity index (χ1v) is 7.46. The van der Waals surface area contributed by atoms with Gasteiger partial charge in [-0.1, -0.05) is 6.92 Å². The van der Waals surface area contributed by atoms with Crippen LogP contribution >= 0.6 is 0 Å². The summed E-state index contributed by atoms with van der Waals surface area (Å²) in [5, 5.41) is 9.33. The van der Waals surface area contributed by atoms with Crippen LogP contribution in [0.1, 0.15) is 33.6 Å². The van der Waals surface area contributed by atoms with Crippen LogP contribution in [0.4, 0.5) is 0 Å². The molecule has 0 radical (unpaired) electrons. The summed E-state index contributed by atoms with van der Waals surface area (Å²) in [6.45, 7) is 6.40. The second-order valence-electron chi connectivity index (χ2n) is 6.90. The lowest BCUT2D eigenvalue weighted by Crippen LogP contribution is -2.64. The fourth-order valence-electron chi connectivity index (χ4n) is 3.64. The molecule has 0 bridgehead atoms. The third kappa shape index (κ3) is 2.63. The summed E-state index contributed by atoms with van der Waals surface area (Å²) in [6, 6.07) is 0. The molecule has 3 atom stereocenters. The highest BCUT2D eigenvalue weighted by atomic mass is 16.4. The Morgan fingerprint density at radius 2 is 1.76 bits per heavy atom. The van der Waals surface area contributed by atoms with Crippen LogP contribution in [-0.2, 0) is 14.4 Å². The molecule has 1 N–H and O–H groups in total. The van der Waals surface area contributed by atoms with Crippen molar-refractivity contribution in [1.82, 2.24) is 9.80 Å². The Hall–Kier alpha value is -1.59. The number of hydrogen-bond donors (Lipinski definition) is 1. The molecule has 1 aliphatic heterocycles. The lowest BCUT2D eigenvalue weighted by molar-refractivity contribution is -0.162. The summed E-state index contributed by atoms with van der Waals surface area (Å²) < 4.78 is 0. The van der Waals surface area contributed by atoms with Gasteiger partial charge in [0.05, 0.1) is 11.8 Å². The van der Waals surface area contributed by atoms with Crippen molar-refractivity contribution in [2.75, 3.05) is 20.1 Å². The largest absolute Gasteiger partial charge is 0.481 e. The van der Waals surface area contributed by atoms with Crippen LogP contribution in [0.15, 0.2) is 0 Å². The van der Waals surface area contributed by atoms with E-state index in [1.54, 1.807) is 30.7 Å². The number of hydrogen-bond acceptors (Lipinski definition) is 3. The van der Waals surface area contributed by atoms with Crippen LogP contribution in [0.2, 0.25) is 0 Å². The van der Waals surface area contributed by atoms with E-state index in [1.807, 2.05) is 6.92 Å². The van der Waals surface area contributed by atoms with Gasteiger partial charge in [0.25, 0.3) is 0 Å². The second-order valence-corrected chi connectivity index (χ2v) is 6.90. The van der Waals surface area contributed by atoms with Crippen LogP contribution in [-0.4, -0.2) is 58.4 Å². The van der Waals surface area contributed by atoms with Gasteiger partial charge in [-0.2, -0.15) is 0 Å². The number of carbonyl (C=O) groups is 3. The third-order valence-electron chi connectivity index (χ3n) is 4.90. The minimum Gasteiger partial charge on any atom is -0.481 e. The molecule has 1 heterocycles. The van der Waals surface area contributed by atoms with E-state index in [4.69, 9.17) is 0 Å². The topological polar surface area (TPSA) is 77.9 Å². The molecule has 0 spiro atoms. The Balaban J connectivity index is 2.23. The van der Waals surface area contributed by atoms with Gasteiger partial charge >= 0.3 is 5.97 Å². The Kier molecular flexibility index (Phi) is 4.00. The molecule has 6 heteroatoms. The standard InChI is InChI=1S/C15H24N2O4/c1-9-7-10(11(8-9)13(19)20)12(18)17-6-5-16(4)14(21)15(17,2)3/h9-11H,5-8H2,1-4H3,(H,19,20). The molecule has 3 unspecified atom stereocenters. The first-order chi connectivity index (χ1) is 9.66. The van der Waals surface area contributed by atoms with Crippen LogP contribution in [0.3, 0.4) is 0 Å². The van der Waals surface area contributed by atoms with Crippen LogP contribution in [0, 0.1) is 17.8 Å². The van der Waals surface area contributed by atoms with Gasteiger partial charge in [0.15, 0.2) is 0 Å². The van der Waals surface area contributed by atoms with Gasteiger partial charge < -0.3 is 14.9 Å². The molecule has 2 rings (SSSR count). The van der Waals surface area contributed by atoms with Crippen LogP contribution in [0.5, 0.6) is 0 Å². The maximum absolute atomic E-state index is 12.8. The molecule has 0 aromatic heterocycles. The van der Waals surface area contributed by atoms with Crippen molar-refractivity contribution >= 4 is 17.8 Å². The maximum Gasteiger partial charge on any atom is 0.307 e. The molecule has 0 aromatic rings. The number of aliphatic carboxylic acids is 1. The number of amides is 2. The van der Waals surface area contributed by atoms with Gasteiger partial charge in [0.1, 0.15) is 5.54 Å². The number of carboxylic acids is 1.